The molecule has 3 aromatic rings. The van der Waals surface area contributed by atoms with Gasteiger partial charge in [0.15, 0.2) is 5.78 Å². The Morgan fingerprint density at radius 1 is 1.24 bits per heavy atom. The summed E-state index contributed by atoms with van der Waals surface area (Å²) in [5.74, 6) is -0.228. The van der Waals surface area contributed by atoms with Crippen molar-refractivity contribution in [3.05, 3.63) is 69.8 Å². The van der Waals surface area contributed by atoms with E-state index in [1.807, 2.05) is 30.3 Å². The van der Waals surface area contributed by atoms with Gasteiger partial charge in [0.1, 0.15) is 0 Å². The number of hydrogen-bond donors (Lipinski definition) is 0. The lowest BCUT2D eigenvalue weighted by Gasteiger charge is -2.06. The van der Waals surface area contributed by atoms with Crippen LogP contribution in [-0.4, -0.2) is 30.9 Å². The standard InChI is InChI=1S/C16H13N5O3S/c1-11(22)13-7-8-15(14(9-13)21(23)24)25-16-17-18-19-20(16)10-12-5-3-2-4-6-12/h2-9H,10H2,1H3. The first kappa shape index (κ1) is 16.8. The highest BCUT2D eigenvalue weighted by atomic mass is 32.2. The number of nitro groups is 1. The number of ketones is 1. The molecule has 0 fully saturated rings. The van der Waals surface area contributed by atoms with Crippen molar-refractivity contribution < 1.29 is 9.72 Å². The minimum absolute atomic E-state index is 0.146. The summed E-state index contributed by atoms with van der Waals surface area (Å²) < 4.78 is 1.57. The van der Waals surface area contributed by atoms with Crippen molar-refractivity contribution in [2.75, 3.05) is 0 Å². The summed E-state index contributed by atoms with van der Waals surface area (Å²) in [5.41, 5.74) is 1.16. The van der Waals surface area contributed by atoms with Gasteiger partial charge in [0.05, 0.1) is 16.4 Å². The van der Waals surface area contributed by atoms with E-state index in [1.54, 1.807) is 16.8 Å². The lowest BCUT2D eigenvalue weighted by Crippen LogP contribution is -2.04. The van der Waals surface area contributed by atoms with Crippen LogP contribution in [0.2, 0.25) is 0 Å². The molecule has 126 valence electrons. The molecular formula is C16H13N5O3S. The molecule has 0 unspecified atom stereocenters. The molecule has 0 N–H and O–H groups in total. The molecular weight excluding hydrogens is 342 g/mol. The molecule has 0 spiro atoms. The summed E-state index contributed by atoms with van der Waals surface area (Å²) in [5, 5.41) is 23.3. The molecule has 0 aliphatic rings. The molecule has 25 heavy (non-hydrogen) atoms. The summed E-state index contributed by atoms with van der Waals surface area (Å²) >= 11 is 1.09. The van der Waals surface area contributed by atoms with Crippen molar-refractivity contribution in [2.24, 2.45) is 0 Å². The molecule has 0 aliphatic heterocycles. The smallest absolute Gasteiger partial charge is 0.284 e. The van der Waals surface area contributed by atoms with Crippen molar-refractivity contribution in [2.45, 2.75) is 23.5 Å². The normalized spacial score (nSPS) is 10.6. The van der Waals surface area contributed by atoms with Gasteiger partial charge in [0, 0.05) is 11.6 Å². The number of aromatic nitrogens is 4. The summed E-state index contributed by atoms with van der Waals surface area (Å²) in [6.45, 7) is 1.82. The first-order chi connectivity index (χ1) is 12.0. The molecule has 0 bridgehead atoms. The second kappa shape index (κ2) is 7.22. The third-order valence-electron chi connectivity index (χ3n) is 3.44. The Bertz CT molecular complexity index is 927. The van der Waals surface area contributed by atoms with Crippen molar-refractivity contribution in [3.63, 3.8) is 0 Å². The number of hydrogen-bond acceptors (Lipinski definition) is 7. The van der Waals surface area contributed by atoms with Gasteiger partial charge in [-0.05, 0) is 46.8 Å². The first-order valence-corrected chi connectivity index (χ1v) is 8.13. The van der Waals surface area contributed by atoms with Crippen LogP contribution in [-0.2, 0) is 6.54 Å². The molecule has 0 radical (unpaired) electrons. The fourth-order valence-electron chi connectivity index (χ4n) is 2.19. The SMILES string of the molecule is CC(=O)c1ccc(Sc2nnnn2Cc2ccccc2)c([N+](=O)[O-])c1. The van der Waals surface area contributed by atoms with E-state index in [-0.39, 0.29) is 11.5 Å². The molecule has 0 saturated carbocycles. The maximum atomic E-state index is 11.4. The predicted octanol–water partition coefficient (Wildman–Crippen LogP) is 2.98. The van der Waals surface area contributed by atoms with E-state index in [1.165, 1.54) is 13.0 Å². The van der Waals surface area contributed by atoms with E-state index in [0.717, 1.165) is 17.3 Å². The number of Topliss-reactive ketones (excluding diaryl/α,β-unsaturated/α-hetero) is 1. The number of carbonyl (C=O) groups is 1. The van der Waals surface area contributed by atoms with Gasteiger partial charge in [-0.15, -0.1) is 5.10 Å². The van der Waals surface area contributed by atoms with Crippen LogP contribution in [0.4, 0.5) is 5.69 Å². The maximum Gasteiger partial charge on any atom is 0.284 e. The minimum Gasteiger partial charge on any atom is -0.295 e. The van der Waals surface area contributed by atoms with Crippen molar-refractivity contribution in [1.82, 2.24) is 20.2 Å². The van der Waals surface area contributed by atoms with Crippen molar-refractivity contribution >= 4 is 23.2 Å². The Hall–Kier alpha value is -3.07. The van der Waals surface area contributed by atoms with Crippen LogP contribution in [0.25, 0.3) is 0 Å². The fourth-order valence-corrected chi connectivity index (χ4v) is 3.04. The van der Waals surface area contributed by atoms with Gasteiger partial charge in [-0.25, -0.2) is 4.68 Å². The summed E-state index contributed by atoms with van der Waals surface area (Å²) in [4.78, 5) is 22.6. The zero-order valence-electron chi connectivity index (χ0n) is 13.2. The summed E-state index contributed by atoms with van der Waals surface area (Å²) in [6, 6.07) is 14.0. The van der Waals surface area contributed by atoms with E-state index in [4.69, 9.17) is 0 Å². The molecule has 3 rings (SSSR count). The van der Waals surface area contributed by atoms with Gasteiger partial charge < -0.3 is 0 Å². The van der Waals surface area contributed by atoms with E-state index < -0.39 is 4.92 Å². The van der Waals surface area contributed by atoms with Crippen LogP contribution in [0.1, 0.15) is 22.8 Å². The van der Waals surface area contributed by atoms with Gasteiger partial charge >= 0.3 is 0 Å². The number of carbonyl (C=O) groups excluding carboxylic acids is 1. The minimum atomic E-state index is -0.514. The third kappa shape index (κ3) is 3.89. The van der Waals surface area contributed by atoms with Crippen LogP contribution in [0, 0.1) is 10.1 Å². The predicted molar refractivity (Wildman–Crippen MR) is 90.6 cm³/mol. The van der Waals surface area contributed by atoms with Crippen LogP contribution < -0.4 is 0 Å². The maximum absolute atomic E-state index is 11.4. The highest BCUT2D eigenvalue weighted by molar-refractivity contribution is 7.99. The quantitative estimate of drug-likeness (QED) is 0.380. The molecule has 0 amide bonds. The fraction of sp³-hybridized carbons (Fsp3) is 0.125. The van der Waals surface area contributed by atoms with Crippen molar-refractivity contribution in [3.8, 4) is 0 Å². The Morgan fingerprint density at radius 2 is 2.00 bits per heavy atom. The van der Waals surface area contributed by atoms with E-state index in [2.05, 4.69) is 15.5 Å². The Morgan fingerprint density at radius 3 is 2.68 bits per heavy atom. The molecule has 0 saturated heterocycles. The van der Waals surface area contributed by atoms with Crippen molar-refractivity contribution in [1.29, 1.82) is 0 Å². The number of tetrazole rings is 1. The Kier molecular flexibility index (Phi) is 4.85. The van der Waals surface area contributed by atoms with Gasteiger partial charge in [-0.2, -0.15) is 0 Å². The van der Waals surface area contributed by atoms with Crippen LogP contribution in [0.3, 0.4) is 0 Å². The second-order valence-electron chi connectivity index (χ2n) is 5.20. The van der Waals surface area contributed by atoms with E-state index >= 15 is 0 Å². The molecule has 1 heterocycles. The number of benzene rings is 2. The lowest BCUT2D eigenvalue weighted by atomic mass is 10.1. The van der Waals surface area contributed by atoms with Crippen LogP contribution in [0.5, 0.6) is 0 Å². The summed E-state index contributed by atoms with van der Waals surface area (Å²) in [7, 11) is 0. The molecule has 1 aromatic heterocycles. The average Bonchev–Trinajstić information content (AvgIpc) is 3.02. The topological polar surface area (TPSA) is 104 Å². The van der Waals surface area contributed by atoms with Gasteiger partial charge in [0.25, 0.3) is 5.69 Å². The highest BCUT2D eigenvalue weighted by Gasteiger charge is 2.20. The number of nitrogens with zero attached hydrogens (tertiary/aromatic N) is 5. The Balaban J connectivity index is 1.90. The molecule has 0 atom stereocenters. The second-order valence-corrected chi connectivity index (χ2v) is 6.21. The largest absolute Gasteiger partial charge is 0.295 e. The number of rotatable bonds is 6. The molecule has 8 nitrogen and oxygen atoms in total. The Labute approximate surface area is 147 Å². The monoisotopic (exact) mass is 355 g/mol. The molecule has 9 heteroatoms. The first-order valence-electron chi connectivity index (χ1n) is 7.32. The zero-order chi connectivity index (χ0) is 17.8. The molecule has 0 aliphatic carbocycles. The number of nitro benzene ring substituents is 1. The van der Waals surface area contributed by atoms with E-state index in [9.17, 15) is 14.9 Å². The zero-order valence-corrected chi connectivity index (χ0v) is 14.0. The van der Waals surface area contributed by atoms with Gasteiger partial charge in [-0.3, -0.25) is 14.9 Å². The third-order valence-corrected chi connectivity index (χ3v) is 4.48. The van der Waals surface area contributed by atoms with Gasteiger partial charge in [0.2, 0.25) is 5.16 Å². The van der Waals surface area contributed by atoms with Crippen LogP contribution >= 0.6 is 11.8 Å². The summed E-state index contributed by atoms with van der Waals surface area (Å²) in [6.07, 6.45) is 0. The van der Waals surface area contributed by atoms with E-state index in [0.29, 0.717) is 22.2 Å². The van der Waals surface area contributed by atoms with Gasteiger partial charge in [-0.1, -0.05) is 30.3 Å². The van der Waals surface area contributed by atoms with Crippen LogP contribution in [0.15, 0.2) is 58.6 Å². The lowest BCUT2D eigenvalue weighted by molar-refractivity contribution is -0.387. The highest BCUT2D eigenvalue weighted by Crippen LogP contribution is 2.34. The average molecular weight is 355 g/mol. The molecule has 2 aromatic carbocycles.